The van der Waals surface area contributed by atoms with Crippen molar-refractivity contribution in [1.82, 2.24) is 0 Å². The summed E-state index contributed by atoms with van der Waals surface area (Å²) in [5, 5.41) is 2.77. The molecule has 0 atom stereocenters. The van der Waals surface area contributed by atoms with Crippen LogP contribution in [0.15, 0.2) is 12.1 Å². The Labute approximate surface area is 121 Å². The molecule has 1 aromatic rings. The van der Waals surface area contributed by atoms with Crippen molar-refractivity contribution in [2.45, 2.75) is 53.6 Å². The van der Waals surface area contributed by atoms with Crippen LogP contribution in [0.5, 0.6) is 5.75 Å². The Bertz CT molecular complexity index is 455. The highest BCUT2D eigenvalue weighted by atomic mass is 16.6. The zero-order chi connectivity index (χ0) is 15.1. The van der Waals surface area contributed by atoms with Gasteiger partial charge in [0, 0.05) is 5.69 Å². The lowest BCUT2D eigenvalue weighted by Crippen LogP contribution is -2.18. The molecule has 1 rings (SSSR count). The van der Waals surface area contributed by atoms with E-state index in [9.17, 15) is 4.79 Å². The molecule has 0 aromatic heterocycles. The molecule has 0 bridgehead atoms. The van der Waals surface area contributed by atoms with E-state index in [-0.39, 0.29) is 6.10 Å². The van der Waals surface area contributed by atoms with Gasteiger partial charge in [-0.3, -0.25) is 5.32 Å². The predicted molar refractivity (Wildman–Crippen MR) is 81.6 cm³/mol. The number of hydrogen-bond donors (Lipinski definition) is 1. The van der Waals surface area contributed by atoms with Crippen LogP contribution in [-0.2, 0) is 11.2 Å². The molecule has 0 aliphatic rings. The molecule has 1 aromatic carbocycles. The zero-order valence-corrected chi connectivity index (χ0v) is 13.1. The van der Waals surface area contributed by atoms with Gasteiger partial charge in [0.2, 0.25) is 0 Å². The number of hydrogen-bond acceptors (Lipinski definition) is 3. The van der Waals surface area contributed by atoms with Crippen molar-refractivity contribution in [3.05, 3.63) is 23.3 Å². The highest BCUT2D eigenvalue weighted by Gasteiger charge is 2.11. The van der Waals surface area contributed by atoms with Gasteiger partial charge in [0.25, 0.3) is 0 Å². The summed E-state index contributed by atoms with van der Waals surface area (Å²) in [4.78, 5) is 11.6. The monoisotopic (exact) mass is 279 g/mol. The van der Waals surface area contributed by atoms with Gasteiger partial charge in [-0.15, -0.1) is 0 Å². The first-order valence-electron chi connectivity index (χ1n) is 7.21. The molecule has 0 spiro atoms. The third kappa shape index (κ3) is 4.76. The number of amides is 1. The first-order valence-corrected chi connectivity index (χ1v) is 7.21. The Morgan fingerprint density at radius 1 is 1.30 bits per heavy atom. The largest absolute Gasteiger partial charge is 0.493 e. The Morgan fingerprint density at radius 3 is 2.55 bits per heavy atom. The van der Waals surface area contributed by atoms with Gasteiger partial charge in [-0.25, -0.2) is 4.79 Å². The van der Waals surface area contributed by atoms with Gasteiger partial charge in [0.1, 0.15) is 5.75 Å². The van der Waals surface area contributed by atoms with Gasteiger partial charge in [-0.05, 0) is 57.4 Å². The molecule has 0 fully saturated rings. The van der Waals surface area contributed by atoms with E-state index in [2.05, 4.69) is 12.2 Å². The van der Waals surface area contributed by atoms with Crippen LogP contribution in [0.1, 0.15) is 45.2 Å². The van der Waals surface area contributed by atoms with Crippen LogP contribution in [0.3, 0.4) is 0 Å². The minimum Gasteiger partial charge on any atom is -0.493 e. The molecule has 1 amide bonds. The molecule has 0 saturated heterocycles. The fourth-order valence-electron chi connectivity index (χ4n) is 2.09. The second-order valence-corrected chi connectivity index (χ2v) is 5.04. The number of nitrogens with one attached hydrogen (secondary N) is 1. The number of rotatable bonds is 6. The van der Waals surface area contributed by atoms with E-state index in [1.165, 1.54) is 0 Å². The van der Waals surface area contributed by atoms with E-state index in [0.717, 1.165) is 35.4 Å². The van der Waals surface area contributed by atoms with E-state index in [1.807, 2.05) is 39.8 Å². The molecule has 0 unspecified atom stereocenters. The van der Waals surface area contributed by atoms with E-state index in [0.29, 0.717) is 6.61 Å². The van der Waals surface area contributed by atoms with Crippen LogP contribution < -0.4 is 10.1 Å². The maximum Gasteiger partial charge on any atom is 0.411 e. The molecular formula is C16H25NO3. The quantitative estimate of drug-likeness (QED) is 0.844. The van der Waals surface area contributed by atoms with Gasteiger partial charge in [-0.1, -0.05) is 13.3 Å². The maximum absolute atomic E-state index is 11.6. The summed E-state index contributed by atoms with van der Waals surface area (Å²) in [7, 11) is 0. The van der Waals surface area contributed by atoms with Crippen molar-refractivity contribution in [3.8, 4) is 5.75 Å². The third-order valence-electron chi connectivity index (χ3n) is 2.75. The molecule has 1 N–H and O–H groups in total. The fraction of sp³-hybridized carbons (Fsp3) is 0.562. The van der Waals surface area contributed by atoms with Crippen LogP contribution >= 0.6 is 0 Å². The summed E-state index contributed by atoms with van der Waals surface area (Å²) in [6.07, 6.45) is 1.39. The van der Waals surface area contributed by atoms with Gasteiger partial charge >= 0.3 is 6.09 Å². The lowest BCUT2D eigenvalue weighted by Gasteiger charge is -2.16. The normalized spacial score (nSPS) is 10.5. The van der Waals surface area contributed by atoms with Crippen molar-refractivity contribution < 1.29 is 14.3 Å². The van der Waals surface area contributed by atoms with Gasteiger partial charge in [0.15, 0.2) is 0 Å². The van der Waals surface area contributed by atoms with Crippen LogP contribution in [0.4, 0.5) is 10.5 Å². The van der Waals surface area contributed by atoms with Crippen molar-refractivity contribution >= 4 is 11.8 Å². The summed E-state index contributed by atoms with van der Waals surface area (Å²) < 4.78 is 10.8. The van der Waals surface area contributed by atoms with Gasteiger partial charge in [-0.2, -0.15) is 0 Å². The predicted octanol–water partition coefficient (Wildman–Crippen LogP) is 4.30. The highest BCUT2D eigenvalue weighted by Crippen LogP contribution is 2.29. The average Bonchev–Trinajstić information content (AvgIpc) is 2.32. The molecule has 0 saturated carbocycles. The van der Waals surface area contributed by atoms with Gasteiger partial charge in [0.05, 0.1) is 12.7 Å². The Kier molecular flexibility index (Phi) is 6.36. The van der Waals surface area contributed by atoms with Crippen LogP contribution in [0.2, 0.25) is 0 Å². The van der Waals surface area contributed by atoms with E-state index in [1.54, 1.807) is 0 Å². The minimum absolute atomic E-state index is 0.131. The van der Waals surface area contributed by atoms with Crippen molar-refractivity contribution in [2.24, 2.45) is 0 Å². The van der Waals surface area contributed by atoms with E-state index >= 15 is 0 Å². The van der Waals surface area contributed by atoms with Crippen molar-refractivity contribution in [1.29, 1.82) is 0 Å². The molecule has 0 aliphatic heterocycles. The average molecular weight is 279 g/mol. The number of anilines is 1. The summed E-state index contributed by atoms with van der Waals surface area (Å²) in [5.41, 5.74) is 2.90. The zero-order valence-electron chi connectivity index (χ0n) is 13.1. The Morgan fingerprint density at radius 2 is 2.00 bits per heavy atom. The maximum atomic E-state index is 11.6. The lowest BCUT2D eigenvalue weighted by atomic mass is 10.0. The van der Waals surface area contributed by atoms with Crippen LogP contribution in [0.25, 0.3) is 0 Å². The summed E-state index contributed by atoms with van der Waals surface area (Å²) in [6, 6.07) is 3.87. The SMILES string of the molecule is CCCc1cc(NC(=O)OC(C)C)cc(C)c1OCC. The second kappa shape index (κ2) is 7.78. The molecule has 0 heterocycles. The van der Waals surface area contributed by atoms with E-state index < -0.39 is 6.09 Å². The van der Waals surface area contributed by atoms with E-state index in [4.69, 9.17) is 9.47 Å². The first-order chi connectivity index (χ1) is 9.47. The summed E-state index contributed by atoms with van der Waals surface area (Å²) in [6.45, 7) is 10.4. The molecule has 0 radical (unpaired) electrons. The molecule has 112 valence electrons. The molecule has 0 aliphatic carbocycles. The molecule has 4 heteroatoms. The Hall–Kier alpha value is -1.71. The first kappa shape index (κ1) is 16.3. The van der Waals surface area contributed by atoms with Crippen LogP contribution in [0, 0.1) is 6.92 Å². The molecular weight excluding hydrogens is 254 g/mol. The number of aryl methyl sites for hydroxylation is 2. The molecule has 20 heavy (non-hydrogen) atoms. The number of carbonyl (C=O) groups excluding carboxylic acids is 1. The number of benzene rings is 1. The van der Waals surface area contributed by atoms with Crippen LogP contribution in [-0.4, -0.2) is 18.8 Å². The minimum atomic E-state index is -0.425. The third-order valence-corrected chi connectivity index (χ3v) is 2.75. The van der Waals surface area contributed by atoms with Gasteiger partial charge < -0.3 is 9.47 Å². The highest BCUT2D eigenvalue weighted by molar-refractivity contribution is 5.85. The Balaban J connectivity index is 2.95. The topological polar surface area (TPSA) is 47.6 Å². The second-order valence-electron chi connectivity index (χ2n) is 5.04. The summed E-state index contributed by atoms with van der Waals surface area (Å²) >= 11 is 0. The number of ether oxygens (including phenoxy) is 2. The lowest BCUT2D eigenvalue weighted by molar-refractivity contribution is 0.130. The fourth-order valence-corrected chi connectivity index (χ4v) is 2.09. The smallest absolute Gasteiger partial charge is 0.411 e. The summed E-state index contributed by atoms with van der Waals surface area (Å²) in [5.74, 6) is 0.928. The van der Waals surface area contributed by atoms with Crippen molar-refractivity contribution in [2.75, 3.05) is 11.9 Å². The molecule has 4 nitrogen and oxygen atoms in total. The standard InChI is InChI=1S/C16H25NO3/c1-6-8-13-10-14(17-16(18)20-11(3)4)9-12(5)15(13)19-7-2/h9-11H,6-8H2,1-5H3,(H,17,18). The van der Waals surface area contributed by atoms with Crippen molar-refractivity contribution in [3.63, 3.8) is 0 Å². The number of carbonyl (C=O) groups is 1.